The lowest BCUT2D eigenvalue weighted by Crippen LogP contribution is -2.55. The molecule has 3 rings (SSSR count). The van der Waals surface area contributed by atoms with E-state index in [0.717, 1.165) is 32.2 Å². The van der Waals surface area contributed by atoms with E-state index in [1.807, 2.05) is 0 Å². The van der Waals surface area contributed by atoms with Crippen LogP contribution in [0.2, 0.25) is 0 Å². The number of halogens is 1. The molecule has 0 saturated carbocycles. The maximum Gasteiger partial charge on any atom is 0.256 e. The van der Waals surface area contributed by atoms with E-state index in [4.69, 9.17) is 0 Å². The van der Waals surface area contributed by atoms with E-state index in [2.05, 4.69) is 10.2 Å². The molecule has 0 unspecified atom stereocenters. The van der Waals surface area contributed by atoms with Crippen LogP contribution in [0.25, 0.3) is 0 Å². The van der Waals surface area contributed by atoms with E-state index in [-0.39, 0.29) is 22.9 Å². The topological polar surface area (TPSA) is 52.7 Å². The van der Waals surface area contributed by atoms with Crippen molar-refractivity contribution in [2.45, 2.75) is 31.2 Å². The molecular weight excluding hydrogens is 309 g/mol. The van der Waals surface area contributed by atoms with E-state index in [0.29, 0.717) is 19.6 Å². The number of carbonyl (C=O) groups excluding carboxylic acids is 2. The lowest BCUT2D eigenvalue weighted by atomic mass is 9.84. The third-order valence-corrected chi connectivity index (χ3v) is 5.44. The summed E-state index contributed by atoms with van der Waals surface area (Å²) in [7, 11) is 1.65. The fraction of sp³-hybridized carbons (Fsp3) is 0.556. The summed E-state index contributed by atoms with van der Waals surface area (Å²) in [6.07, 6.45) is 3.82. The first kappa shape index (κ1) is 16.9. The lowest BCUT2D eigenvalue weighted by molar-refractivity contribution is -0.123. The van der Waals surface area contributed by atoms with Crippen molar-refractivity contribution in [1.82, 2.24) is 15.1 Å². The fourth-order valence-corrected chi connectivity index (χ4v) is 3.99. The third-order valence-electron chi connectivity index (χ3n) is 5.44. The lowest BCUT2D eigenvalue weighted by Gasteiger charge is -2.44. The number of hydrogen-bond donors (Lipinski definition) is 1. The van der Waals surface area contributed by atoms with Gasteiger partial charge in [-0.2, -0.15) is 0 Å². The molecule has 2 saturated heterocycles. The van der Waals surface area contributed by atoms with Crippen LogP contribution in [0, 0.1) is 5.82 Å². The van der Waals surface area contributed by atoms with Crippen LogP contribution < -0.4 is 5.32 Å². The first-order valence-electron chi connectivity index (χ1n) is 8.55. The second kappa shape index (κ2) is 6.89. The second-order valence-electron chi connectivity index (χ2n) is 6.69. The average Bonchev–Trinajstić information content (AvgIpc) is 2.97. The SMILES string of the molecule is CNC(=O)CN1CCCC12CCN(C(=O)c1ccccc1F)CC2. The van der Waals surface area contributed by atoms with Crippen molar-refractivity contribution in [2.24, 2.45) is 0 Å². The molecule has 2 aliphatic rings. The molecule has 130 valence electrons. The van der Waals surface area contributed by atoms with Crippen molar-refractivity contribution < 1.29 is 14.0 Å². The zero-order valence-corrected chi connectivity index (χ0v) is 14.1. The van der Waals surface area contributed by atoms with Crippen LogP contribution in [-0.2, 0) is 4.79 Å². The largest absolute Gasteiger partial charge is 0.358 e. The fourth-order valence-electron chi connectivity index (χ4n) is 3.99. The minimum absolute atomic E-state index is 0.0124. The highest BCUT2D eigenvalue weighted by Gasteiger charge is 2.44. The minimum atomic E-state index is -0.468. The Hall–Kier alpha value is -1.95. The molecule has 1 aromatic carbocycles. The molecule has 0 aliphatic carbocycles. The van der Waals surface area contributed by atoms with Crippen LogP contribution in [0.1, 0.15) is 36.0 Å². The van der Waals surface area contributed by atoms with Gasteiger partial charge in [0, 0.05) is 25.7 Å². The Bertz CT molecular complexity index is 626. The molecule has 0 aromatic heterocycles. The number of nitrogens with zero attached hydrogens (tertiary/aromatic N) is 2. The summed E-state index contributed by atoms with van der Waals surface area (Å²) < 4.78 is 13.8. The predicted octanol–water partition coefficient (Wildman–Crippen LogP) is 1.64. The quantitative estimate of drug-likeness (QED) is 0.915. The number of likely N-dealkylation sites (tertiary alicyclic amines) is 2. The third kappa shape index (κ3) is 3.15. The van der Waals surface area contributed by atoms with Crippen LogP contribution in [0.5, 0.6) is 0 Å². The van der Waals surface area contributed by atoms with E-state index in [1.165, 1.54) is 12.1 Å². The van der Waals surface area contributed by atoms with Gasteiger partial charge >= 0.3 is 0 Å². The van der Waals surface area contributed by atoms with Gasteiger partial charge < -0.3 is 10.2 Å². The summed E-state index contributed by atoms with van der Waals surface area (Å²) in [6, 6.07) is 6.13. The van der Waals surface area contributed by atoms with Crippen molar-refractivity contribution in [2.75, 3.05) is 33.2 Å². The van der Waals surface area contributed by atoms with E-state index >= 15 is 0 Å². The summed E-state index contributed by atoms with van der Waals surface area (Å²) in [5.41, 5.74) is 0.153. The average molecular weight is 333 g/mol. The Kier molecular flexibility index (Phi) is 4.85. The number of carbonyl (C=O) groups is 2. The van der Waals surface area contributed by atoms with Crippen molar-refractivity contribution >= 4 is 11.8 Å². The van der Waals surface area contributed by atoms with Gasteiger partial charge in [0.1, 0.15) is 5.82 Å². The Morgan fingerprint density at radius 2 is 1.88 bits per heavy atom. The number of amides is 2. The maximum atomic E-state index is 13.8. The van der Waals surface area contributed by atoms with Crippen molar-refractivity contribution in [3.63, 3.8) is 0 Å². The summed E-state index contributed by atoms with van der Waals surface area (Å²) in [5.74, 6) is -0.676. The molecule has 0 bridgehead atoms. The standard InChI is InChI=1S/C18H24FN3O2/c1-20-16(23)13-22-10-4-7-18(22)8-11-21(12-9-18)17(24)14-5-2-3-6-15(14)19/h2-3,5-6H,4,7-13H2,1H3,(H,20,23). The molecule has 24 heavy (non-hydrogen) atoms. The summed E-state index contributed by atoms with van der Waals surface area (Å²) >= 11 is 0. The van der Waals surface area contributed by atoms with E-state index < -0.39 is 5.82 Å². The highest BCUT2D eigenvalue weighted by Crippen LogP contribution is 2.38. The molecule has 2 aliphatic heterocycles. The Balaban J connectivity index is 1.66. The first-order valence-corrected chi connectivity index (χ1v) is 8.55. The normalized spacial score (nSPS) is 20.3. The van der Waals surface area contributed by atoms with Crippen LogP contribution >= 0.6 is 0 Å². The van der Waals surface area contributed by atoms with Crippen LogP contribution in [0.4, 0.5) is 4.39 Å². The molecule has 0 radical (unpaired) electrons. The second-order valence-corrected chi connectivity index (χ2v) is 6.69. The smallest absolute Gasteiger partial charge is 0.256 e. The summed E-state index contributed by atoms with van der Waals surface area (Å²) in [6.45, 7) is 2.56. The van der Waals surface area contributed by atoms with Gasteiger partial charge in [-0.05, 0) is 44.4 Å². The maximum absolute atomic E-state index is 13.8. The van der Waals surface area contributed by atoms with Crippen molar-refractivity contribution in [1.29, 1.82) is 0 Å². The van der Waals surface area contributed by atoms with Gasteiger partial charge in [-0.3, -0.25) is 14.5 Å². The molecule has 1 spiro atoms. The number of hydrogen-bond acceptors (Lipinski definition) is 3. The van der Waals surface area contributed by atoms with Gasteiger partial charge in [-0.25, -0.2) is 4.39 Å². The highest BCUT2D eigenvalue weighted by atomic mass is 19.1. The molecule has 2 amide bonds. The first-order chi connectivity index (χ1) is 11.6. The molecule has 2 fully saturated rings. The van der Waals surface area contributed by atoms with Crippen molar-refractivity contribution in [3.05, 3.63) is 35.6 Å². The Morgan fingerprint density at radius 3 is 2.54 bits per heavy atom. The van der Waals surface area contributed by atoms with Gasteiger partial charge in [-0.1, -0.05) is 12.1 Å². The number of rotatable bonds is 3. The highest BCUT2D eigenvalue weighted by molar-refractivity contribution is 5.94. The predicted molar refractivity (Wildman–Crippen MR) is 89.1 cm³/mol. The molecule has 1 aromatic rings. The summed E-state index contributed by atoms with van der Waals surface area (Å²) in [4.78, 5) is 28.3. The molecule has 5 nitrogen and oxygen atoms in total. The number of benzene rings is 1. The van der Waals surface area contributed by atoms with Gasteiger partial charge in [0.2, 0.25) is 5.91 Å². The van der Waals surface area contributed by atoms with Crippen LogP contribution in [0.3, 0.4) is 0 Å². The molecule has 1 N–H and O–H groups in total. The van der Waals surface area contributed by atoms with E-state index in [1.54, 1.807) is 24.1 Å². The minimum Gasteiger partial charge on any atom is -0.358 e. The molecule has 2 heterocycles. The number of nitrogens with one attached hydrogen (secondary N) is 1. The zero-order chi connectivity index (χ0) is 17.2. The number of likely N-dealkylation sites (N-methyl/N-ethyl adjacent to an activating group) is 1. The van der Waals surface area contributed by atoms with Gasteiger partial charge in [-0.15, -0.1) is 0 Å². The zero-order valence-electron chi connectivity index (χ0n) is 14.1. The van der Waals surface area contributed by atoms with Gasteiger partial charge in [0.05, 0.1) is 12.1 Å². The van der Waals surface area contributed by atoms with Gasteiger partial charge in [0.15, 0.2) is 0 Å². The number of piperidine rings is 1. The van der Waals surface area contributed by atoms with E-state index in [9.17, 15) is 14.0 Å². The molecule has 6 heteroatoms. The van der Waals surface area contributed by atoms with Crippen LogP contribution in [0.15, 0.2) is 24.3 Å². The molecule has 0 atom stereocenters. The van der Waals surface area contributed by atoms with Crippen molar-refractivity contribution in [3.8, 4) is 0 Å². The monoisotopic (exact) mass is 333 g/mol. The Labute approximate surface area is 141 Å². The Morgan fingerprint density at radius 1 is 1.17 bits per heavy atom. The van der Waals surface area contributed by atoms with Gasteiger partial charge in [0.25, 0.3) is 5.91 Å². The molecular formula is C18H24FN3O2. The summed E-state index contributed by atoms with van der Waals surface area (Å²) in [5, 5.41) is 2.68. The van der Waals surface area contributed by atoms with Crippen LogP contribution in [-0.4, -0.2) is 60.4 Å².